The summed E-state index contributed by atoms with van der Waals surface area (Å²) >= 11 is 0. The Labute approximate surface area is 194 Å². The number of ether oxygens (including phenoxy) is 1. The lowest BCUT2D eigenvalue weighted by molar-refractivity contribution is -0.137. The minimum Gasteiger partial charge on any atom is -0.493 e. The highest BCUT2D eigenvalue weighted by Gasteiger charge is 2.30. The van der Waals surface area contributed by atoms with Gasteiger partial charge in [0.25, 0.3) is 0 Å². The molecule has 0 fully saturated rings. The molecule has 180 valence electrons. The van der Waals surface area contributed by atoms with E-state index in [2.05, 4.69) is 15.7 Å². The zero-order chi connectivity index (χ0) is 24.6. The second kappa shape index (κ2) is 11.4. The summed E-state index contributed by atoms with van der Waals surface area (Å²) in [5.41, 5.74) is 1.97. The Bertz CT molecular complexity index is 1090. The van der Waals surface area contributed by atoms with E-state index in [1.165, 1.54) is 34.8 Å². The van der Waals surface area contributed by atoms with Gasteiger partial charge in [-0.25, -0.2) is 0 Å². The summed E-state index contributed by atoms with van der Waals surface area (Å²) in [4.78, 5) is 24.2. The first-order valence-electron chi connectivity index (χ1n) is 10.6. The normalized spacial score (nSPS) is 11.2. The number of carbonyl (C=O) groups excluding carboxylic acids is 2. The Morgan fingerprint density at radius 1 is 1.03 bits per heavy atom. The van der Waals surface area contributed by atoms with Gasteiger partial charge < -0.3 is 15.4 Å². The lowest BCUT2D eigenvalue weighted by Gasteiger charge is -2.09. The molecule has 0 saturated heterocycles. The molecule has 2 amide bonds. The van der Waals surface area contributed by atoms with E-state index >= 15 is 0 Å². The minimum atomic E-state index is -4.41. The number of anilines is 1. The standard InChI is InChI=1S/C24H25F3N4O3/c1-17-2-4-18(5-3-17)10-12-28-23(33)16-31-15-20(14-29-31)30-22(32)11-13-34-21-8-6-19(7-9-21)24(25,26)27/h2-9,14-15H,10-13,16H2,1H3,(H,28,33)(H,30,32). The fraction of sp³-hybridized carbons (Fsp3) is 0.292. The van der Waals surface area contributed by atoms with E-state index in [1.807, 2.05) is 31.2 Å². The second-order valence-corrected chi connectivity index (χ2v) is 7.68. The van der Waals surface area contributed by atoms with Gasteiger partial charge in [-0.3, -0.25) is 14.3 Å². The average molecular weight is 474 g/mol. The fourth-order valence-electron chi connectivity index (χ4n) is 3.04. The summed E-state index contributed by atoms with van der Waals surface area (Å²) in [6.45, 7) is 2.53. The smallest absolute Gasteiger partial charge is 0.416 e. The van der Waals surface area contributed by atoms with E-state index < -0.39 is 11.7 Å². The lowest BCUT2D eigenvalue weighted by atomic mass is 10.1. The molecule has 2 N–H and O–H groups in total. The van der Waals surface area contributed by atoms with Crippen LogP contribution in [0.2, 0.25) is 0 Å². The van der Waals surface area contributed by atoms with Crippen molar-refractivity contribution in [2.24, 2.45) is 0 Å². The number of alkyl halides is 3. The third-order valence-electron chi connectivity index (χ3n) is 4.86. The van der Waals surface area contributed by atoms with Gasteiger partial charge in [0, 0.05) is 12.7 Å². The molecule has 1 aromatic heterocycles. The molecule has 34 heavy (non-hydrogen) atoms. The van der Waals surface area contributed by atoms with Crippen LogP contribution in [0.15, 0.2) is 60.9 Å². The third kappa shape index (κ3) is 7.95. The van der Waals surface area contributed by atoms with Crippen LogP contribution < -0.4 is 15.4 Å². The van der Waals surface area contributed by atoms with Gasteiger partial charge in [-0.05, 0) is 43.2 Å². The van der Waals surface area contributed by atoms with Gasteiger partial charge in [0.05, 0.1) is 30.5 Å². The topological polar surface area (TPSA) is 85.2 Å². The van der Waals surface area contributed by atoms with E-state index in [1.54, 1.807) is 0 Å². The maximum absolute atomic E-state index is 12.6. The number of aryl methyl sites for hydroxylation is 1. The number of hydrogen-bond acceptors (Lipinski definition) is 4. The molecule has 0 bridgehead atoms. The molecular weight excluding hydrogens is 449 g/mol. The zero-order valence-electron chi connectivity index (χ0n) is 18.6. The monoisotopic (exact) mass is 474 g/mol. The molecule has 0 aliphatic carbocycles. The quantitative estimate of drug-likeness (QED) is 0.466. The van der Waals surface area contributed by atoms with Crippen molar-refractivity contribution in [2.45, 2.75) is 32.5 Å². The molecule has 0 spiro atoms. The van der Waals surface area contributed by atoms with Crippen molar-refractivity contribution < 1.29 is 27.5 Å². The summed E-state index contributed by atoms with van der Waals surface area (Å²) in [6, 6.07) is 12.4. The van der Waals surface area contributed by atoms with Gasteiger partial charge in [-0.2, -0.15) is 18.3 Å². The average Bonchev–Trinajstić information content (AvgIpc) is 3.21. The van der Waals surface area contributed by atoms with Crippen LogP contribution in [0.25, 0.3) is 0 Å². The fourth-order valence-corrected chi connectivity index (χ4v) is 3.04. The van der Waals surface area contributed by atoms with E-state index in [-0.39, 0.29) is 37.1 Å². The lowest BCUT2D eigenvalue weighted by Crippen LogP contribution is -2.29. The van der Waals surface area contributed by atoms with Crippen molar-refractivity contribution in [3.05, 3.63) is 77.6 Å². The maximum Gasteiger partial charge on any atom is 0.416 e. The SMILES string of the molecule is Cc1ccc(CCNC(=O)Cn2cc(NC(=O)CCOc3ccc(C(F)(F)F)cc3)cn2)cc1. The molecule has 7 nitrogen and oxygen atoms in total. The number of amides is 2. The highest BCUT2D eigenvalue weighted by Crippen LogP contribution is 2.30. The van der Waals surface area contributed by atoms with Crippen LogP contribution in [0.1, 0.15) is 23.1 Å². The van der Waals surface area contributed by atoms with Crippen LogP contribution in [0.3, 0.4) is 0 Å². The van der Waals surface area contributed by atoms with E-state index in [0.29, 0.717) is 12.2 Å². The van der Waals surface area contributed by atoms with E-state index in [4.69, 9.17) is 4.74 Å². The Kier molecular flexibility index (Phi) is 8.29. The molecule has 10 heteroatoms. The van der Waals surface area contributed by atoms with Crippen molar-refractivity contribution in [3.63, 3.8) is 0 Å². The summed E-state index contributed by atoms with van der Waals surface area (Å²) in [5.74, 6) is -0.311. The van der Waals surface area contributed by atoms with Gasteiger partial charge in [0.2, 0.25) is 11.8 Å². The summed E-state index contributed by atoms with van der Waals surface area (Å²) < 4.78 is 44.4. The third-order valence-corrected chi connectivity index (χ3v) is 4.86. The summed E-state index contributed by atoms with van der Waals surface area (Å²) in [6.07, 6.45) is -0.736. The maximum atomic E-state index is 12.6. The number of rotatable bonds is 10. The van der Waals surface area contributed by atoms with Gasteiger partial charge in [0.1, 0.15) is 12.3 Å². The van der Waals surface area contributed by atoms with Crippen molar-refractivity contribution in [2.75, 3.05) is 18.5 Å². The van der Waals surface area contributed by atoms with Gasteiger partial charge in [-0.15, -0.1) is 0 Å². The Morgan fingerprint density at radius 2 is 1.74 bits per heavy atom. The van der Waals surface area contributed by atoms with E-state index in [9.17, 15) is 22.8 Å². The summed E-state index contributed by atoms with van der Waals surface area (Å²) in [5, 5.41) is 9.53. The van der Waals surface area contributed by atoms with Crippen LogP contribution in [0.5, 0.6) is 5.75 Å². The van der Waals surface area contributed by atoms with Crippen LogP contribution >= 0.6 is 0 Å². The largest absolute Gasteiger partial charge is 0.493 e. The molecule has 2 aromatic carbocycles. The number of halogens is 3. The number of aromatic nitrogens is 2. The number of nitrogens with one attached hydrogen (secondary N) is 2. The van der Waals surface area contributed by atoms with Gasteiger partial charge >= 0.3 is 6.18 Å². The van der Waals surface area contributed by atoms with Crippen molar-refractivity contribution in [1.82, 2.24) is 15.1 Å². The first kappa shape index (κ1) is 24.8. The van der Waals surface area contributed by atoms with Crippen LogP contribution in [-0.4, -0.2) is 34.7 Å². The summed E-state index contributed by atoms with van der Waals surface area (Å²) in [7, 11) is 0. The van der Waals surface area contributed by atoms with Gasteiger partial charge in [0.15, 0.2) is 0 Å². The van der Waals surface area contributed by atoms with Crippen molar-refractivity contribution >= 4 is 17.5 Å². The molecule has 3 aromatic rings. The van der Waals surface area contributed by atoms with Crippen molar-refractivity contribution in [3.8, 4) is 5.75 Å². The molecule has 0 aliphatic rings. The minimum absolute atomic E-state index is 0.00523. The molecule has 3 rings (SSSR count). The first-order valence-corrected chi connectivity index (χ1v) is 10.6. The second-order valence-electron chi connectivity index (χ2n) is 7.68. The predicted molar refractivity (Wildman–Crippen MR) is 120 cm³/mol. The van der Waals surface area contributed by atoms with Crippen molar-refractivity contribution in [1.29, 1.82) is 0 Å². The molecule has 1 heterocycles. The number of benzene rings is 2. The van der Waals surface area contributed by atoms with Crippen LogP contribution in [0.4, 0.5) is 18.9 Å². The van der Waals surface area contributed by atoms with Crippen LogP contribution in [0, 0.1) is 6.92 Å². The molecule has 0 atom stereocenters. The number of nitrogens with zero attached hydrogens (tertiary/aromatic N) is 2. The van der Waals surface area contributed by atoms with E-state index in [0.717, 1.165) is 24.1 Å². The number of carbonyl (C=O) groups is 2. The first-order chi connectivity index (χ1) is 16.2. The Morgan fingerprint density at radius 3 is 2.41 bits per heavy atom. The molecule has 0 saturated carbocycles. The van der Waals surface area contributed by atoms with Gasteiger partial charge in [-0.1, -0.05) is 29.8 Å². The molecule has 0 aliphatic heterocycles. The molecule has 0 radical (unpaired) electrons. The number of hydrogen-bond donors (Lipinski definition) is 2. The zero-order valence-corrected chi connectivity index (χ0v) is 18.6. The van der Waals surface area contributed by atoms with Crippen LogP contribution in [-0.2, 0) is 28.7 Å². The Balaban J connectivity index is 1.35. The molecule has 0 unspecified atom stereocenters. The molecular formula is C24H25F3N4O3. The highest BCUT2D eigenvalue weighted by atomic mass is 19.4. The Hall–Kier alpha value is -3.82. The predicted octanol–water partition coefficient (Wildman–Crippen LogP) is 3.98. The highest BCUT2D eigenvalue weighted by molar-refractivity contribution is 5.90.